The SMILES string of the molecule is CCc1nc(Cl)c(C)c(NCCCC2CCCC2)n1. The molecule has 106 valence electrons. The van der Waals surface area contributed by atoms with Gasteiger partial charge in [-0.05, 0) is 25.7 Å². The van der Waals surface area contributed by atoms with Gasteiger partial charge < -0.3 is 5.32 Å². The number of hydrogen-bond acceptors (Lipinski definition) is 3. The summed E-state index contributed by atoms with van der Waals surface area (Å²) in [5.41, 5.74) is 0.958. The Balaban J connectivity index is 1.82. The van der Waals surface area contributed by atoms with Crippen LogP contribution in [0.4, 0.5) is 5.82 Å². The maximum absolute atomic E-state index is 6.12. The van der Waals surface area contributed by atoms with E-state index in [-0.39, 0.29) is 0 Å². The van der Waals surface area contributed by atoms with Crippen molar-refractivity contribution in [1.82, 2.24) is 9.97 Å². The highest BCUT2D eigenvalue weighted by atomic mass is 35.5. The summed E-state index contributed by atoms with van der Waals surface area (Å²) in [4.78, 5) is 8.77. The predicted molar refractivity (Wildman–Crippen MR) is 80.8 cm³/mol. The van der Waals surface area contributed by atoms with Crippen molar-refractivity contribution >= 4 is 17.4 Å². The molecule has 4 heteroatoms. The number of hydrogen-bond donors (Lipinski definition) is 1. The summed E-state index contributed by atoms with van der Waals surface area (Å²) in [6.07, 6.45) is 9.09. The third-order valence-corrected chi connectivity index (χ3v) is 4.37. The van der Waals surface area contributed by atoms with Gasteiger partial charge in [-0.15, -0.1) is 0 Å². The van der Waals surface area contributed by atoms with E-state index in [0.717, 1.165) is 36.1 Å². The van der Waals surface area contributed by atoms with E-state index in [0.29, 0.717) is 5.15 Å². The molecule has 0 spiro atoms. The lowest BCUT2D eigenvalue weighted by atomic mass is 10.0. The second-order valence-electron chi connectivity index (χ2n) is 5.48. The van der Waals surface area contributed by atoms with Gasteiger partial charge in [-0.3, -0.25) is 0 Å². The van der Waals surface area contributed by atoms with E-state index < -0.39 is 0 Å². The van der Waals surface area contributed by atoms with Crippen LogP contribution in [-0.4, -0.2) is 16.5 Å². The Morgan fingerprint density at radius 1 is 1.26 bits per heavy atom. The van der Waals surface area contributed by atoms with Crippen molar-refractivity contribution in [2.45, 2.75) is 58.8 Å². The summed E-state index contributed by atoms with van der Waals surface area (Å²) in [6.45, 7) is 5.00. The van der Waals surface area contributed by atoms with Crippen molar-refractivity contribution in [2.24, 2.45) is 5.92 Å². The van der Waals surface area contributed by atoms with Crippen LogP contribution in [0.1, 0.15) is 56.8 Å². The molecule has 1 N–H and O–H groups in total. The third-order valence-electron chi connectivity index (χ3n) is 4.01. The van der Waals surface area contributed by atoms with E-state index in [9.17, 15) is 0 Å². The molecule has 0 unspecified atom stereocenters. The van der Waals surface area contributed by atoms with Crippen LogP contribution in [0.15, 0.2) is 0 Å². The molecular weight excluding hydrogens is 258 g/mol. The zero-order valence-electron chi connectivity index (χ0n) is 12.0. The van der Waals surface area contributed by atoms with Crippen LogP contribution in [0.3, 0.4) is 0 Å². The number of aromatic nitrogens is 2. The molecule has 0 saturated heterocycles. The van der Waals surface area contributed by atoms with Gasteiger partial charge in [0, 0.05) is 18.5 Å². The fraction of sp³-hybridized carbons (Fsp3) is 0.733. The number of rotatable bonds is 6. The molecule has 1 aromatic rings. The van der Waals surface area contributed by atoms with E-state index in [2.05, 4.69) is 15.3 Å². The Hall–Kier alpha value is -0.830. The lowest BCUT2D eigenvalue weighted by Gasteiger charge is -2.12. The fourth-order valence-corrected chi connectivity index (χ4v) is 2.95. The van der Waals surface area contributed by atoms with Gasteiger partial charge in [0.1, 0.15) is 16.8 Å². The second kappa shape index (κ2) is 7.09. The molecule has 1 aromatic heterocycles. The molecule has 0 atom stereocenters. The zero-order chi connectivity index (χ0) is 13.7. The minimum atomic E-state index is 0.574. The van der Waals surface area contributed by atoms with Crippen LogP contribution in [0.5, 0.6) is 0 Å². The summed E-state index contributed by atoms with van der Waals surface area (Å²) in [7, 11) is 0. The molecule has 3 nitrogen and oxygen atoms in total. The summed E-state index contributed by atoms with van der Waals surface area (Å²) in [5, 5.41) is 3.99. The molecule has 1 saturated carbocycles. The average Bonchev–Trinajstić information content (AvgIpc) is 2.92. The van der Waals surface area contributed by atoms with Crippen LogP contribution < -0.4 is 5.32 Å². The fourth-order valence-electron chi connectivity index (χ4n) is 2.76. The standard InChI is InChI=1S/C15H24ClN3/c1-3-13-18-14(16)11(2)15(19-13)17-10-6-9-12-7-4-5-8-12/h12H,3-10H2,1-2H3,(H,17,18,19). The van der Waals surface area contributed by atoms with Crippen molar-refractivity contribution in [2.75, 3.05) is 11.9 Å². The molecule has 1 heterocycles. The highest BCUT2D eigenvalue weighted by Crippen LogP contribution is 2.28. The summed E-state index contributed by atoms with van der Waals surface area (Å²) in [6, 6.07) is 0. The lowest BCUT2D eigenvalue weighted by molar-refractivity contribution is 0.491. The summed E-state index contributed by atoms with van der Waals surface area (Å²) < 4.78 is 0. The lowest BCUT2D eigenvalue weighted by Crippen LogP contribution is -2.09. The van der Waals surface area contributed by atoms with Crippen LogP contribution >= 0.6 is 11.6 Å². The first-order valence-corrected chi connectivity index (χ1v) is 7.85. The minimum Gasteiger partial charge on any atom is -0.370 e. The van der Waals surface area contributed by atoms with E-state index >= 15 is 0 Å². The Morgan fingerprint density at radius 2 is 2.00 bits per heavy atom. The molecule has 0 radical (unpaired) electrons. The molecule has 1 fully saturated rings. The first-order chi connectivity index (χ1) is 9.20. The first-order valence-electron chi connectivity index (χ1n) is 7.47. The van der Waals surface area contributed by atoms with Crippen molar-refractivity contribution in [3.8, 4) is 0 Å². The van der Waals surface area contributed by atoms with Crippen LogP contribution in [0, 0.1) is 12.8 Å². The molecule has 19 heavy (non-hydrogen) atoms. The van der Waals surface area contributed by atoms with Gasteiger partial charge in [0.15, 0.2) is 0 Å². The Labute approximate surface area is 121 Å². The number of nitrogens with one attached hydrogen (secondary N) is 1. The summed E-state index contributed by atoms with van der Waals surface area (Å²) in [5.74, 6) is 2.68. The normalized spacial score (nSPS) is 15.9. The van der Waals surface area contributed by atoms with Gasteiger partial charge >= 0.3 is 0 Å². The highest BCUT2D eigenvalue weighted by Gasteiger charge is 2.14. The number of halogens is 1. The van der Waals surface area contributed by atoms with Gasteiger partial charge in [0.05, 0.1) is 0 Å². The van der Waals surface area contributed by atoms with E-state index in [1.165, 1.54) is 38.5 Å². The molecule has 2 rings (SSSR count). The Morgan fingerprint density at radius 3 is 2.68 bits per heavy atom. The topological polar surface area (TPSA) is 37.8 Å². The van der Waals surface area contributed by atoms with Crippen molar-refractivity contribution < 1.29 is 0 Å². The molecule has 0 bridgehead atoms. The van der Waals surface area contributed by atoms with Crippen LogP contribution in [0.25, 0.3) is 0 Å². The first kappa shape index (κ1) is 14.6. The van der Waals surface area contributed by atoms with Gasteiger partial charge in [0.2, 0.25) is 0 Å². The van der Waals surface area contributed by atoms with Crippen molar-refractivity contribution in [3.05, 3.63) is 16.5 Å². The molecule has 1 aliphatic rings. The van der Waals surface area contributed by atoms with Crippen molar-refractivity contribution in [3.63, 3.8) is 0 Å². The Kier molecular flexibility index (Phi) is 5.44. The maximum atomic E-state index is 6.12. The quantitative estimate of drug-likeness (QED) is 0.621. The largest absolute Gasteiger partial charge is 0.370 e. The highest BCUT2D eigenvalue weighted by molar-refractivity contribution is 6.30. The van der Waals surface area contributed by atoms with Crippen LogP contribution in [0.2, 0.25) is 5.15 Å². The molecule has 0 aromatic carbocycles. The number of anilines is 1. The second-order valence-corrected chi connectivity index (χ2v) is 5.84. The number of aryl methyl sites for hydroxylation is 1. The predicted octanol–water partition coefficient (Wildman–Crippen LogP) is 4.38. The molecule has 1 aliphatic carbocycles. The van der Waals surface area contributed by atoms with Gasteiger partial charge in [0.25, 0.3) is 0 Å². The van der Waals surface area contributed by atoms with E-state index in [4.69, 9.17) is 11.6 Å². The van der Waals surface area contributed by atoms with E-state index in [1.54, 1.807) is 0 Å². The van der Waals surface area contributed by atoms with Gasteiger partial charge in [-0.1, -0.05) is 44.2 Å². The Bertz CT molecular complexity index is 414. The molecular formula is C15H24ClN3. The van der Waals surface area contributed by atoms with E-state index in [1.807, 2.05) is 13.8 Å². The number of nitrogens with zero attached hydrogens (tertiary/aromatic N) is 2. The van der Waals surface area contributed by atoms with Crippen LogP contribution in [-0.2, 0) is 6.42 Å². The van der Waals surface area contributed by atoms with Crippen molar-refractivity contribution in [1.29, 1.82) is 0 Å². The smallest absolute Gasteiger partial charge is 0.137 e. The molecule has 0 aliphatic heterocycles. The van der Waals surface area contributed by atoms with Gasteiger partial charge in [-0.2, -0.15) is 0 Å². The average molecular weight is 282 g/mol. The zero-order valence-corrected chi connectivity index (χ0v) is 12.8. The third kappa shape index (κ3) is 4.07. The molecule has 0 amide bonds. The summed E-state index contributed by atoms with van der Waals surface area (Å²) >= 11 is 6.12. The van der Waals surface area contributed by atoms with Gasteiger partial charge in [-0.25, -0.2) is 9.97 Å². The monoisotopic (exact) mass is 281 g/mol. The maximum Gasteiger partial charge on any atom is 0.137 e. The minimum absolute atomic E-state index is 0.574.